The highest BCUT2D eigenvalue weighted by Crippen LogP contribution is 1.76. The van der Waals surface area contributed by atoms with E-state index in [2.05, 4.69) is 5.10 Å². The molecule has 0 radical (unpaired) electrons. The van der Waals surface area contributed by atoms with E-state index in [1.807, 2.05) is 5.10 Å². The third kappa shape index (κ3) is 0.987. The normalized spacial score (nSPS) is 9.33. The minimum Gasteiger partial charge on any atom is -0.394 e. The van der Waals surface area contributed by atoms with Crippen molar-refractivity contribution < 1.29 is 0 Å². The van der Waals surface area contributed by atoms with E-state index in [1.165, 1.54) is 0 Å². The third-order valence-corrected chi connectivity index (χ3v) is 0.848. The molecular formula is C4H5N3O2. The Labute approximate surface area is 49.5 Å². The van der Waals surface area contributed by atoms with Crippen LogP contribution in [-0.4, -0.2) is 10.2 Å². The van der Waals surface area contributed by atoms with E-state index in [0.29, 0.717) is 0 Å². The summed E-state index contributed by atoms with van der Waals surface area (Å²) in [5.74, 6) is 0. The number of nitrogen functional groups attached to an aromatic ring is 1. The van der Waals surface area contributed by atoms with Gasteiger partial charge in [-0.1, -0.05) is 0 Å². The van der Waals surface area contributed by atoms with Crippen LogP contribution in [0.2, 0.25) is 0 Å². The molecule has 5 nitrogen and oxygen atoms in total. The lowest BCUT2D eigenvalue weighted by Crippen LogP contribution is -2.20. The van der Waals surface area contributed by atoms with Gasteiger partial charge in [0.1, 0.15) is 5.69 Å². The number of hydrogen-bond acceptors (Lipinski definition) is 3. The van der Waals surface area contributed by atoms with Crippen molar-refractivity contribution in [1.29, 1.82) is 0 Å². The molecule has 0 bridgehead atoms. The second-order valence-corrected chi connectivity index (χ2v) is 1.54. The average Bonchev–Trinajstić information content (AvgIpc) is 1.80. The monoisotopic (exact) mass is 127 g/mol. The van der Waals surface area contributed by atoms with Crippen LogP contribution in [0.3, 0.4) is 0 Å². The molecular weight excluding hydrogens is 122 g/mol. The van der Waals surface area contributed by atoms with Gasteiger partial charge in [-0.25, -0.2) is 0 Å². The second-order valence-electron chi connectivity index (χ2n) is 1.54. The van der Waals surface area contributed by atoms with Gasteiger partial charge in [-0.3, -0.25) is 19.8 Å². The van der Waals surface area contributed by atoms with Gasteiger partial charge in [0.2, 0.25) is 0 Å². The smallest absolute Gasteiger partial charge is 0.285 e. The first-order valence-electron chi connectivity index (χ1n) is 2.27. The van der Waals surface area contributed by atoms with Gasteiger partial charge in [0.25, 0.3) is 11.1 Å². The number of H-pyrrole nitrogens is 2. The van der Waals surface area contributed by atoms with Gasteiger partial charge >= 0.3 is 0 Å². The average molecular weight is 127 g/mol. The van der Waals surface area contributed by atoms with E-state index in [0.717, 1.165) is 6.07 Å². The van der Waals surface area contributed by atoms with Crippen LogP contribution in [0.4, 0.5) is 5.69 Å². The van der Waals surface area contributed by atoms with Gasteiger partial charge in [0.15, 0.2) is 0 Å². The van der Waals surface area contributed by atoms with Gasteiger partial charge < -0.3 is 5.73 Å². The highest BCUT2D eigenvalue weighted by molar-refractivity contribution is 5.31. The molecule has 0 fully saturated rings. The molecule has 0 amide bonds. The maximum atomic E-state index is 10.4. The molecule has 9 heavy (non-hydrogen) atoms. The van der Waals surface area contributed by atoms with Crippen LogP contribution in [-0.2, 0) is 0 Å². The molecule has 0 aromatic carbocycles. The van der Waals surface area contributed by atoms with Crippen LogP contribution in [0.25, 0.3) is 0 Å². The Kier molecular flexibility index (Phi) is 1.11. The molecule has 1 rings (SSSR count). The number of nitrogens with one attached hydrogen (secondary N) is 2. The molecule has 0 aliphatic heterocycles. The van der Waals surface area contributed by atoms with E-state index in [4.69, 9.17) is 5.73 Å². The Balaban J connectivity index is 3.52. The summed E-state index contributed by atoms with van der Waals surface area (Å²) in [4.78, 5) is 20.8. The number of aromatic nitrogens is 2. The number of aromatic amines is 2. The summed E-state index contributed by atoms with van der Waals surface area (Å²) in [6.45, 7) is 0. The minimum absolute atomic E-state index is 0.0706. The lowest BCUT2D eigenvalue weighted by Gasteiger charge is -1.85. The number of rotatable bonds is 0. The van der Waals surface area contributed by atoms with Crippen LogP contribution in [0, 0.1) is 0 Å². The molecule has 0 spiro atoms. The maximum absolute atomic E-state index is 10.4. The van der Waals surface area contributed by atoms with Gasteiger partial charge in [0, 0.05) is 6.07 Å². The molecule has 5 heteroatoms. The molecule has 1 heterocycles. The van der Waals surface area contributed by atoms with E-state index in [1.54, 1.807) is 0 Å². The molecule has 1 aromatic rings. The van der Waals surface area contributed by atoms with Gasteiger partial charge in [0.05, 0.1) is 0 Å². The van der Waals surface area contributed by atoms with Crippen molar-refractivity contribution in [2.45, 2.75) is 0 Å². The fourth-order valence-electron chi connectivity index (χ4n) is 0.433. The van der Waals surface area contributed by atoms with Gasteiger partial charge in [-0.05, 0) is 0 Å². The van der Waals surface area contributed by atoms with Crippen molar-refractivity contribution in [2.24, 2.45) is 0 Å². The van der Waals surface area contributed by atoms with E-state index < -0.39 is 11.1 Å². The van der Waals surface area contributed by atoms with Crippen LogP contribution in [0.15, 0.2) is 15.7 Å². The largest absolute Gasteiger partial charge is 0.394 e. The molecule has 0 aliphatic carbocycles. The fraction of sp³-hybridized carbons (Fsp3) is 0. The zero-order valence-electron chi connectivity index (χ0n) is 4.47. The molecule has 0 unspecified atom stereocenters. The number of nitrogens with two attached hydrogens (primary N) is 1. The van der Waals surface area contributed by atoms with Crippen molar-refractivity contribution in [2.75, 3.05) is 5.73 Å². The van der Waals surface area contributed by atoms with Crippen LogP contribution >= 0.6 is 0 Å². The lowest BCUT2D eigenvalue weighted by atomic mass is 10.5. The minimum atomic E-state index is -0.477. The summed E-state index contributed by atoms with van der Waals surface area (Å²) in [6.07, 6.45) is 0. The van der Waals surface area contributed by atoms with Crippen molar-refractivity contribution in [3.8, 4) is 0 Å². The first kappa shape index (κ1) is 5.61. The summed E-state index contributed by atoms with van der Waals surface area (Å²) in [6, 6.07) is 1.03. The van der Waals surface area contributed by atoms with Crippen molar-refractivity contribution in [3.05, 3.63) is 26.8 Å². The lowest BCUT2D eigenvalue weighted by molar-refractivity contribution is 0.956. The van der Waals surface area contributed by atoms with E-state index >= 15 is 0 Å². The standard InChI is InChI=1S/C4H5N3O2/c5-2-1-3(8)6-7-4(2)9/h1H,(H,7,9)(H3,5,6,8). The third-order valence-electron chi connectivity index (χ3n) is 0.848. The predicted octanol–water partition coefficient (Wildman–Crippen LogP) is -1.35. The molecule has 0 aliphatic rings. The van der Waals surface area contributed by atoms with Crippen molar-refractivity contribution in [3.63, 3.8) is 0 Å². The zero-order valence-corrected chi connectivity index (χ0v) is 4.47. The predicted molar refractivity (Wildman–Crippen MR) is 32.1 cm³/mol. The van der Waals surface area contributed by atoms with Crippen LogP contribution < -0.4 is 16.9 Å². The van der Waals surface area contributed by atoms with Crippen LogP contribution in [0.5, 0.6) is 0 Å². The maximum Gasteiger partial charge on any atom is 0.285 e. The second kappa shape index (κ2) is 1.77. The van der Waals surface area contributed by atoms with Gasteiger partial charge in [-0.2, -0.15) is 0 Å². The Morgan fingerprint density at radius 2 is 2.00 bits per heavy atom. The Morgan fingerprint density at radius 1 is 1.33 bits per heavy atom. The fourth-order valence-corrected chi connectivity index (χ4v) is 0.433. The van der Waals surface area contributed by atoms with Crippen molar-refractivity contribution in [1.82, 2.24) is 10.2 Å². The molecule has 0 saturated carbocycles. The van der Waals surface area contributed by atoms with E-state index in [-0.39, 0.29) is 5.69 Å². The van der Waals surface area contributed by atoms with E-state index in [9.17, 15) is 9.59 Å². The molecule has 4 N–H and O–H groups in total. The summed E-state index contributed by atoms with van der Waals surface area (Å²) < 4.78 is 0. The first-order chi connectivity index (χ1) is 4.20. The molecule has 0 atom stereocenters. The summed E-state index contributed by atoms with van der Waals surface area (Å²) >= 11 is 0. The quantitative estimate of drug-likeness (QED) is 0.402. The molecule has 1 aromatic heterocycles. The van der Waals surface area contributed by atoms with Crippen LogP contribution in [0.1, 0.15) is 0 Å². The zero-order chi connectivity index (χ0) is 6.85. The summed E-state index contributed by atoms with van der Waals surface area (Å²) in [7, 11) is 0. The highest BCUT2D eigenvalue weighted by atomic mass is 16.1. The highest BCUT2D eigenvalue weighted by Gasteiger charge is 1.90. The molecule has 48 valence electrons. The Hall–Kier alpha value is -1.52. The summed E-state index contributed by atoms with van der Waals surface area (Å²) in [5, 5.41) is 4.12. The number of hydrogen-bond donors (Lipinski definition) is 3. The SMILES string of the molecule is Nc1cc(=O)[nH][nH]c1=O. The van der Waals surface area contributed by atoms with Crippen molar-refractivity contribution >= 4 is 5.69 Å². The Morgan fingerprint density at radius 3 is 2.44 bits per heavy atom. The summed E-state index contributed by atoms with van der Waals surface area (Å²) in [5.41, 5.74) is 4.10. The topological polar surface area (TPSA) is 91.7 Å². The number of anilines is 1. The van der Waals surface area contributed by atoms with Gasteiger partial charge in [-0.15, -0.1) is 0 Å². The first-order valence-corrected chi connectivity index (χ1v) is 2.27. The molecule has 0 saturated heterocycles. The Bertz CT molecular complexity index is 310.